The molecule has 22 heavy (non-hydrogen) atoms. The lowest BCUT2D eigenvalue weighted by Gasteiger charge is -2.23. The molecule has 1 amide bonds. The van der Waals surface area contributed by atoms with Crippen molar-refractivity contribution in [1.82, 2.24) is 20.4 Å². The normalized spacial score (nSPS) is 15.7. The fourth-order valence-corrected chi connectivity index (χ4v) is 2.81. The van der Waals surface area contributed by atoms with Gasteiger partial charge in [-0.1, -0.05) is 30.3 Å². The topological polar surface area (TPSA) is 59.0 Å². The van der Waals surface area contributed by atoms with Gasteiger partial charge in [0, 0.05) is 11.7 Å². The third-order valence-corrected chi connectivity index (χ3v) is 4.20. The molecule has 1 aliphatic rings. The second-order valence-electron chi connectivity index (χ2n) is 5.78. The highest BCUT2D eigenvalue weighted by molar-refractivity contribution is 5.95. The third kappa shape index (κ3) is 3.36. The second-order valence-corrected chi connectivity index (χ2v) is 5.78. The van der Waals surface area contributed by atoms with E-state index in [0.717, 1.165) is 31.6 Å². The van der Waals surface area contributed by atoms with Gasteiger partial charge < -0.3 is 10.6 Å². The zero-order valence-electron chi connectivity index (χ0n) is 12.9. The van der Waals surface area contributed by atoms with Crippen molar-refractivity contribution >= 4 is 5.91 Å². The summed E-state index contributed by atoms with van der Waals surface area (Å²) in [4.78, 5) is 12.4. The van der Waals surface area contributed by atoms with Crippen molar-refractivity contribution in [2.24, 2.45) is 0 Å². The highest BCUT2D eigenvalue weighted by atomic mass is 16.1. The molecular formula is C17H22N4O. The van der Waals surface area contributed by atoms with Crippen LogP contribution in [0.3, 0.4) is 0 Å². The van der Waals surface area contributed by atoms with Crippen LogP contribution in [0.5, 0.6) is 0 Å². The molecule has 0 radical (unpaired) electrons. The summed E-state index contributed by atoms with van der Waals surface area (Å²) < 4.78 is 1.88. The molecule has 5 nitrogen and oxygen atoms in total. The monoisotopic (exact) mass is 298 g/mol. The summed E-state index contributed by atoms with van der Waals surface area (Å²) in [6.45, 7) is 4.58. The van der Waals surface area contributed by atoms with Gasteiger partial charge in [-0.25, -0.2) is 0 Å². The first-order valence-electron chi connectivity index (χ1n) is 7.82. The maximum absolute atomic E-state index is 12.4. The van der Waals surface area contributed by atoms with E-state index in [4.69, 9.17) is 0 Å². The predicted octanol–water partition coefficient (Wildman–Crippen LogP) is 1.72. The highest BCUT2D eigenvalue weighted by Gasteiger charge is 2.19. The molecule has 5 heteroatoms. The summed E-state index contributed by atoms with van der Waals surface area (Å²) in [6.07, 6.45) is 3.65. The van der Waals surface area contributed by atoms with E-state index in [1.165, 1.54) is 5.56 Å². The van der Waals surface area contributed by atoms with Gasteiger partial charge in [-0.2, -0.15) is 5.10 Å². The Morgan fingerprint density at radius 1 is 1.32 bits per heavy atom. The first kappa shape index (κ1) is 14.8. The minimum atomic E-state index is -0.0105. The molecule has 0 bridgehead atoms. The Kier molecular flexibility index (Phi) is 4.53. The molecule has 116 valence electrons. The highest BCUT2D eigenvalue weighted by Crippen LogP contribution is 2.11. The van der Waals surface area contributed by atoms with Crippen molar-refractivity contribution in [1.29, 1.82) is 0 Å². The molecule has 1 aromatic heterocycles. The molecule has 0 spiro atoms. The lowest BCUT2D eigenvalue weighted by atomic mass is 10.1. The molecule has 3 rings (SSSR count). The van der Waals surface area contributed by atoms with Crippen molar-refractivity contribution in [3.8, 4) is 0 Å². The molecule has 0 saturated carbocycles. The van der Waals surface area contributed by atoms with Gasteiger partial charge in [0.15, 0.2) is 0 Å². The summed E-state index contributed by atoms with van der Waals surface area (Å²) in [5.74, 6) is -0.0105. The zero-order chi connectivity index (χ0) is 15.4. The van der Waals surface area contributed by atoms with Crippen molar-refractivity contribution in [2.45, 2.75) is 32.4 Å². The molecule has 0 unspecified atom stereocenters. The van der Waals surface area contributed by atoms with Crippen LogP contribution < -0.4 is 10.6 Å². The van der Waals surface area contributed by atoms with Crippen LogP contribution in [0.15, 0.2) is 36.5 Å². The van der Waals surface area contributed by atoms with E-state index in [9.17, 15) is 4.79 Å². The first-order valence-corrected chi connectivity index (χ1v) is 7.82. The summed E-state index contributed by atoms with van der Waals surface area (Å²) in [5, 5.41) is 10.8. The Morgan fingerprint density at radius 2 is 2.05 bits per heavy atom. The molecule has 2 heterocycles. The zero-order valence-corrected chi connectivity index (χ0v) is 12.9. The molecule has 1 aliphatic heterocycles. The van der Waals surface area contributed by atoms with E-state index in [1.54, 1.807) is 6.20 Å². The molecule has 1 saturated heterocycles. The number of carbonyl (C=O) groups excluding carboxylic acids is 1. The number of piperidine rings is 1. The van der Waals surface area contributed by atoms with Crippen LogP contribution in [-0.4, -0.2) is 34.8 Å². The predicted molar refractivity (Wildman–Crippen MR) is 85.9 cm³/mol. The van der Waals surface area contributed by atoms with Gasteiger partial charge in [-0.05, 0) is 38.4 Å². The van der Waals surface area contributed by atoms with E-state index in [0.29, 0.717) is 12.1 Å². The standard InChI is InChI=1S/C17H22N4O/c1-13-16(17(22)20-15-7-9-18-10-8-15)11-19-21(13)12-14-5-3-2-4-6-14/h2-6,11,15,18H,7-10,12H2,1H3,(H,20,22). The van der Waals surface area contributed by atoms with Gasteiger partial charge in [0.05, 0.1) is 18.3 Å². The molecule has 1 fully saturated rings. The molecule has 2 aromatic rings. The molecular weight excluding hydrogens is 276 g/mol. The molecule has 0 aliphatic carbocycles. The molecule has 2 N–H and O–H groups in total. The Bertz CT molecular complexity index is 629. The van der Waals surface area contributed by atoms with E-state index in [2.05, 4.69) is 27.9 Å². The Morgan fingerprint density at radius 3 is 2.77 bits per heavy atom. The van der Waals surface area contributed by atoms with E-state index in [-0.39, 0.29) is 11.9 Å². The van der Waals surface area contributed by atoms with E-state index in [1.807, 2.05) is 29.8 Å². The second kappa shape index (κ2) is 6.75. The fraction of sp³-hybridized carbons (Fsp3) is 0.412. The molecule has 1 aromatic carbocycles. The van der Waals surface area contributed by atoms with Gasteiger partial charge in [0.1, 0.15) is 0 Å². The number of hydrogen-bond donors (Lipinski definition) is 2. The lowest BCUT2D eigenvalue weighted by molar-refractivity contribution is 0.0929. The number of nitrogens with one attached hydrogen (secondary N) is 2. The van der Waals surface area contributed by atoms with Gasteiger partial charge >= 0.3 is 0 Å². The quantitative estimate of drug-likeness (QED) is 0.903. The maximum atomic E-state index is 12.4. The van der Waals surface area contributed by atoms with Crippen molar-refractivity contribution in [3.05, 3.63) is 53.3 Å². The number of hydrogen-bond acceptors (Lipinski definition) is 3. The minimum Gasteiger partial charge on any atom is -0.349 e. The van der Waals surface area contributed by atoms with Crippen LogP contribution in [0, 0.1) is 6.92 Å². The third-order valence-electron chi connectivity index (χ3n) is 4.20. The largest absolute Gasteiger partial charge is 0.349 e. The van der Waals surface area contributed by atoms with Gasteiger partial charge in [0.25, 0.3) is 5.91 Å². The van der Waals surface area contributed by atoms with Gasteiger partial charge in [0.2, 0.25) is 0 Å². The Balaban J connectivity index is 1.68. The molecule has 0 atom stereocenters. The van der Waals surface area contributed by atoms with Crippen LogP contribution in [0.4, 0.5) is 0 Å². The smallest absolute Gasteiger partial charge is 0.254 e. The number of amides is 1. The van der Waals surface area contributed by atoms with Crippen molar-refractivity contribution in [2.75, 3.05) is 13.1 Å². The lowest BCUT2D eigenvalue weighted by Crippen LogP contribution is -2.42. The van der Waals surface area contributed by atoms with Crippen LogP contribution in [0.2, 0.25) is 0 Å². The summed E-state index contributed by atoms with van der Waals surface area (Å²) in [7, 11) is 0. The summed E-state index contributed by atoms with van der Waals surface area (Å²) in [5.41, 5.74) is 2.77. The fourth-order valence-electron chi connectivity index (χ4n) is 2.81. The Hall–Kier alpha value is -2.14. The number of carbonyl (C=O) groups is 1. The number of nitrogens with zero attached hydrogens (tertiary/aromatic N) is 2. The van der Waals surface area contributed by atoms with E-state index >= 15 is 0 Å². The van der Waals surface area contributed by atoms with Crippen LogP contribution in [0.25, 0.3) is 0 Å². The number of rotatable bonds is 4. The first-order chi connectivity index (χ1) is 10.7. The average molecular weight is 298 g/mol. The van der Waals surface area contributed by atoms with Gasteiger partial charge in [-0.15, -0.1) is 0 Å². The van der Waals surface area contributed by atoms with Crippen LogP contribution in [0.1, 0.15) is 34.5 Å². The van der Waals surface area contributed by atoms with Crippen LogP contribution in [-0.2, 0) is 6.54 Å². The van der Waals surface area contributed by atoms with Crippen molar-refractivity contribution in [3.63, 3.8) is 0 Å². The SMILES string of the molecule is Cc1c(C(=O)NC2CCNCC2)cnn1Cc1ccccc1. The van der Waals surface area contributed by atoms with E-state index < -0.39 is 0 Å². The van der Waals surface area contributed by atoms with Crippen molar-refractivity contribution < 1.29 is 4.79 Å². The summed E-state index contributed by atoms with van der Waals surface area (Å²) >= 11 is 0. The average Bonchev–Trinajstić information content (AvgIpc) is 2.90. The van der Waals surface area contributed by atoms with Gasteiger partial charge in [-0.3, -0.25) is 9.48 Å². The maximum Gasteiger partial charge on any atom is 0.254 e. The van der Waals surface area contributed by atoms with Crippen LogP contribution >= 0.6 is 0 Å². The summed E-state index contributed by atoms with van der Waals surface area (Å²) in [6, 6.07) is 10.4. The number of aromatic nitrogens is 2. The Labute approximate surface area is 130 Å². The minimum absolute atomic E-state index is 0.0105. The number of benzene rings is 1.